The third kappa shape index (κ3) is 26.4. The molecule has 0 fully saturated rings. The Hall–Kier alpha value is -5.49. The molecule has 6 aromatic rings. The van der Waals surface area contributed by atoms with Crippen LogP contribution in [-0.2, 0) is 37.9 Å². The predicted octanol–water partition coefficient (Wildman–Crippen LogP) is 9.08. The van der Waals surface area contributed by atoms with Crippen molar-refractivity contribution in [2.24, 2.45) is 0 Å². The van der Waals surface area contributed by atoms with Crippen LogP contribution in [0.15, 0.2) is 136 Å². The molecule has 1 heterocycles. The summed E-state index contributed by atoms with van der Waals surface area (Å²) in [6, 6.07) is 38.2. The molecule has 0 spiro atoms. The number of fused-ring (bicyclic) bond motifs is 1. The van der Waals surface area contributed by atoms with Gasteiger partial charge in [0, 0.05) is 59.4 Å². The Balaban J connectivity index is -0.000000777. The van der Waals surface area contributed by atoms with Crippen LogP contribution in [0.3, 0.4) is 0 Å². The number of hydrogen-bond donors (Lipinski definition) is 6. The average molecular weight is 1090 g/mol. The van der Waals surface area contributed by atoms with Crippen molar-refractivity contribution in [3.8, 4) is 28.7 Å². The molecule has 0 amide bonds. The van der Waals surface area contributed by atoms with Gasteiger partial charge in [-0.25, -0.2) is 0 Å². The van der Waals surface area contributed by atoms with Crippen LogP contribution < -0.4 is 20.4 Å². The molecule has 7 rings (SSSR count). The van der Waals surface area contributed by atoms with E-state index < -0.39 is 26.2 Å². The molecular weight excluding hydrogens is 1040 g/mol. The van der Waals surface area contributed by atoms with Crippen molar-refractivity contribution in [3.63, 3.8) is 0 Å². The number of rotatable bonds is 7. The number of aryl methyl sites for hydroxylation is 3. The van der Waals surface area contributed by atoms with E-state index in [0.29, 0.717) is 39.7 Å². The summed E-state index contributed by atoms with van der Waals surface area (Å²) >= 11 is 6.45. The molecule has 0 bridgehead atoms. The Morgan fingerprint density at radius 2 is 0.985 bits per heavy atom. The van der Waals surface area contributed by atoms with Crippen LogP contribution >= 0.6 is 31.9 Å². The fourth-order valence-corrected chi connectivity index (χ4v) is 5.47. The molecule has 4 radical (unpaired) electrons. The number of carbonyl (C=O) groups excluding carboxylic acids is 2. The molecule has 13 nitrogen and oxygen atoms in total. The number of phenolic OH excluding ortho intramolecular Hbond substituents is 1. The molecular formula is C48H54B3Br2CuO13. The number of carboxylic acid groups (broad SMARTS) is 2. The second-order valence-corrected chi connectivity index (χ2v) is 15.0. The molecule has 0 aromatic heterocycles. The zero-order valence-electron chi connectivity index (χ0n) is 35.8. The van der Waals surface area contributed by atoms with Gasteiger partial charge in [0.15, 0.2) is 12.6 Å². The summed E-state index contributed by atoms with van der Waals surface area (Å²) in [5, 5.41) is 50.6. The van der Waals surface area contributed by atoms with Crippen molar-refractivity contribution in [2.75, 3.05) is 0 Å². The molecule has 0 unspecified atom stereocenters. The van der Waals surface area contributed by atoms with Crippen LogP contribution in [0.5, 0.6) is 28.7 Å². The van der Waals surface area contributed by atoms with Crippen molar-refractivity contribution in [3.05, 3.63) is 170 Å². The van der Waals surface area contributed by atoms with E-state index in [2.05, 4.69) is 31.9 Å². The number of benzene rings is 6. The summed E-state index contributed by atoms with van der Waals surface area (Å²) in [6.45, 7) is 8.61. The van der Waals surface area contributed by atoms with Gasteiger partial charge in [0.1, 0.15) is 28.7 Å². The molecule has 0 atom stereocenters. The molecule has 0 aliphatic carbocycles. The second kappa shape index (κ2) is 34.8. The molecule has 6 N–H and O–H groups in total. The second-order valence-electron chi connectivity index (χ2n) is 13.3. The van der Waals surface area contributed by atoms with Gasteiger partial charge in [-0.3, -0.25) is 19.2 Å². The van der Waals surface area contributed by atoms with E-state index in [-0.39, 0.29) is 46.1 Å². The first-order valence-corrected chi connectivity index (χ1v) is 20.3. The normalized spacial score (nSPS) is 9.73. The summed E-state index contributed by atoms with van der Waals surface area (Å²) in [5.74, 6) is 1.41. The molecule has 67 heavy (non-hydrogen) atoms. The minimum Gasteiger partial charge on any atom is -0.508 e. The number of carbonyl (C=O) groups is 4. The van der Waals surface area contributed by atoms with E-state index in [1.54, 1.807) is 30.3 Å². The van der Waals surface area contributed by atoms with Crippen LogP contribution in [0.1, 0.15) is 71.7 Å². The topological polar surface area (TPSA) is 217 Å². The van der Waals surface area contributed by atoms with Gasteiger partial charge < -0.3 is 44.5 Å². The Labute approximate surface area is 422 Å². The van der Waals surface area contributed by atoms with Crippen LogP contribution in [0, 0.1) is 20.8 Å². The maximum absolute atomic E-state index is 10.8. The van der Waals surface area contributed by atoms with Crippen molar-refractivity contribution < 1.29 is 80.8 Å². The van der Waals surface area contributed by atoms with Gasteiger partial charge >= 0.3 is 14.2 Å². The van der Waals surface area contributed by atoms with E-state index in [9.17, 15) is 14.6 Å². The first-order valence-electron chi connectivity index (χ1n) is 18.7. The van der Waals surface area contributed by atoms with Crippen molar-refractivity contribution >= 4 is 89.9 Å². The number of phenols is 1. The minimum absolute atomic E-state index is 0. The Kier molecular flexibility index (Phi) is 34.1. The smallest absolute Gasteiger partial charge is 0.491 e. The summed E-state index contributed by atoms with van der Waals surface area (Å²) in [4.78, 5) is 39.0. The number of aliphatic carboxylic acids is 2. The number of hydrogen-bond acceptors (Lipinski definition) is 11. The predicted molar refractivity (Wildman–Crippen MR) is 269 cm³/mol. The van der Waals surface area contributed by atoms with Crippen LogP contribution in [0.4, 0.5) is 0 Å². The Morgan fingerprint density at radius 1 is 0.627 bits per heavy atom. The summed E-state index contributed by atoms with van der Waals surface area (Å²) in [6.07, 6.45) is 1.48. The molecule has 19 heteroatoms. The van der Waals surface area contributed by atoms with Crippen LogP contribution in [0.25, 0.3) is 0 Å². The molecule has 6 aromatic carbocycles. The van der Waals surface area contributed by atoms with Crippen LogP contribution in [-0.4, -0.2) is 77.6 Å². The number of aldehydes is 2. The zero-order chi connectivity index (χ0) is 47.1. The van der Waals surface area contributed by atoms with Gasteiger partial charge in [0.05, 0.1) is 6.61 Å². The fraction of sp³-hybridized carbons (Fsp3) is 0.167. The third-order valence-electron chi connectivity index (χ3n) is 7.87. The summed E-state index contributed by atoms with van der Waals surface area (Å²) in [5.41, 5.74) is 6.87. The minimum atomic E-state index is -1.35. The molecule has 358 valence electrons. The largest absolute Gasteiger partial charge is 0.508 e. The van der Waals surface area contributed by atoms with Crippen molar-refractivity contribution in [1.29, 1.82) is 0 Å². The average Bonchev–Trinajstić information content (AvgIpc) is 3.61. The van der Waals surface area contributed by atoms with Crippen molar-refractivity contribution in [2.45, 2.75) is 56.1 Å². The maximum atomic E-state index is 10.8. The third-order valence-corrected chi connectivity index (χ3v) is 9.31. The van der Waals surface area contributed by atoms with E-state index in [4.69, 9.17) is 49.1 Å². The number of aromatic hydroxyl groups is 1. The maximum Gasteiger partial charge on any atom is 0.491 e. The molecule has 1 aliphatic heterocycles. The Bertz CT molecular complexity index is 2370. The number of ether oxygens (including phenoxy) is 2. The SMILES string of the molecule is C.C.CC(=O)O.CC(=O)O.Cc1ccc(B(O)O)cc1.Cc1ccc(Oc2ccc(Br)c(C=O)c2)cc1.Cc1ccc(Oc2ccc3c(c2)COB3O)cc1.O=Cc1cc(O)ccc1Br.[B].[Cu]. The van der Waals surface area contributed by atoms with E-state index in [0.717, 1.165) is 58.4 Å². The van der Waals surface area contributed by atoms with Gasteiger partial charge in [0.2, 0.25) is 0 Å². The first-order chi connectivity index (χ1) is 29.8. The first kappa shape index (κ1) is 65.8. The zero-order valence-corrected chi connectivity index (χ0v) is 39.9. The van der Waals surface area contributed by atoms with Gasteiger partial charge in [-0.15, -0.1) is 0 Å². The van der Waals surface area contributed by atoms with E-state index >= 15 is 0 Å². The molecule has 0 saturated carbocycles. The summed E-state index contributed by atoms with van der Waals surface area (Å²) < 4.78 is 18.0. The number of carboxylic acids is 2. The van der Waals surface area contributed by atoms with Gasteiger partial charge in [-0.05, 0) is 110 Å². The Morgan fingerprint density at radius 3 is 1.39 bits per heavy atom. The standard InChI is InChI=1S/C14H13BO3.C14H11BrO2.C7H9BO2.C7H5BrO2.2C2H4O2.2CH4.B.Cu/c1-10-2-4-12(5-3-10)18-13-6-7-14-11(8-13)9-17-15(14)16;1-10-2-4-12(5-3-10)17-13-6-7-14(15)11(8-13)9-16;1-6-2-4-7(5-3-6)8(9)10;8-7-2-1-6(10)3-5(7)4-9;2*1-2(3)4;;;;/h2-8,16H,9H2,1H3;2-9H,1H3;2-5,9-10H,1H3;1-4,10H;2*1H3,(H,3,4);2*1H4;;. The van der Waals surface area contributed by atoms with Gasteiger partial charge in [0.25, 0.3) is 11.9 Å². The van der Waals surface area contributed by atoms with E-state index in [1.807, 2.05) is 106 Å². The van der Waals surface area contributed by atoms with Gasteiger partial charge in [-0.2, -0.15) is 0 Å². The van der Waals surface area contributed by atoms with Crippen LogP contribution in [0.2, 0.25) is 0 Å². The fourth-order valence-electron chi connectivity index (χ4n) is 4.79. The van der Waals surface area contributed by atoms with Crippen molar-refractivity contribution in [1.82, 2.24) is 0 Å². The summed E-state index contributed by atoms with van der Waals surface area (Å²) in [7, 11) is -2.14. The van der Waals surface area contributed by atoms with Gasteiger partial charge in [-0.1, -0.05) is 118 Å². The molecule has 0 saturated heterocycles. The molecule has 1 aliphatic rings. The van der Waals surface area contributed by atoms with E-state index in [1.165, 1.54) is 23.3 Å². The quantitative estimate of drug-likeness (QED) is 0.0651. The number of halogens is 2. The monoisotopic (exact) mass is 1090 g/mol.